The van der Waals surface area contributed by atoms with Crippen molar-refractivity contribution in [2.24, 2.45) is 17.8 Å². The fraction of sp³-hybridized carbons (Fsp3) is 0.714. The molecule has 0 aliphatic heterocycles. The van der Waals surface area contributed by atoms with E-state index in [9.17, 15) is 4.39 Å². The first-order valence-electron chi connectivity index (χ1n) is 15.1. The van der Waals surface area contributed by atoms with E-state index in [1.165, 1.54) is 17.6 Å². The summed E-state index contributed by atoms with van der Waals surface area (Å²) in [5.41, 5.74) is 2.81. The van der Waals surface area contributed by atoms with Crippen molar-refractivity contribution < 1.29 is 4.39 Å². The van der Waals surface area contributed by atoms with Crippen LogP contribution in [0.15, 0.2) is 59.8 Å². The van der Waals surface area contributed by atoms with Crippen molar-refractivity contribution in [3.8, 4) is 0 Å². The average Bonchev–Trinajstić information content (AvgIpc) is 2.89. The lowest BCUT2D eigenvalue weighted by molar-refractivity contribution is 0.0558. The van der Waals surface area contributed by atoms with Crippen LogP contribution in [0.4, 0.5) is 4.39 Å². The van der Waals surface area contributed by atoms with Gasteiger partial charge in [0, 0.05) is 0 Å². The Bertz CT molecular complexity index is 571. The maximum atomic E-state index is 14.5. The van der Waals surface area contributed by atoms with E-state index < -0.39 is 5.67 Å². The summed E-state index contributed by atoms with van der Waals surface area (Å²) in [6, 6.07) is 0. The topological polar surface area (TPSA) is 0 Å². The van der Waals surface area contributed by atoms with Crippen molar-refractivity contribution in [2.75, 3.05) is 0 Å². The lowest BCUT2D eigenvalue weighted by atomic mass is 9.70. The Morgan fingerprint density at radius 2 is 1.47 bits per heavy atom. The average molecular weight is 509 g/mol. The molecular weight excluding hydrogens is 439 g/mol. The van der Waals surface area contributed by atoms with Crippen LogP contribution >= 0.6 is 0 Å². The Hall–Kier alpha value is -1.37. The SMILES string of the molecule is C=C\C(C)=C/C=C\C(=C(C)/C=C/C)[C@H](C)C[C@H]1CC(C)(F)CCC1C.CC.CC.CC.CC.CCC. The van der Waals surface area contributed by atoms with Gasteiger partial charge in [0.2, 0.25) is 0 Å². The third kappa shape index (κ3) is 24.3. The van der Waals surface area contributed by atoms with E-state index in [1.807, 2.05) is 61.5 Å². The number of halogens is 1. The molecule has 216 valence electrons. The minimum Gasteiger partial charge on any atom is -0.244 e. The molecule has 0 bridgehead atoms. The minimum atomic E-state index is -0.987. The molecule has 0 heterocycles. The van der Waals surface area contributed by atoms with Gasteiger partial charge in [-0.3, -0.25) is 0 Å². The largest absolute Gasteiger partial charge is 0.244 e. The maximum Gasteiger partial charge on any atom is 0.108 e. The van der Waals surface area contributed by atoms with Gasteiger partial charge in [0.05, 0.1) is 0 Å². The van der Waals surface area contributed by atoms with Gasteiger partial charge in [0.15, 0.2) is 0 Å². The van der Waals surface area contributed by atoms with E-state index in [4.69, 9.17) is 0 Å². The fourth-order valence-corrected chi connectivity index (χ4v) is 3.91. The highest BCUT2D eigenvalue weighted by Crippen LogP contribution is 2.42. The number of alkyl halides is 1. The lowest BCUT2D eigenvalue weighted by Crippen LogP contribution is -2.33. The number of hydrogen-bond acceptors (Lipinski definition) is 0. The molecule has 0 nitrogen and oxygen atoms in total. The highest BCUT2D eigenvalue weighted by Gasteiger charge is 2.36. The summed E-state index contributed by atoms with van der Waals surface area (Å²) < 4.78 is 14.5. The molecule has 0 radical (unpaired) electrons. The molecule has 0 aromatic rings. The van der Waals surface area contributed by atoms with Crippen molar-refractivity contribution in [2.45, 2.75) is 149 Å². The van der Waals surface area contributed by atoms with Gasteiger partial charge in [-0.05, 0) is 82.3 Å². The predicted molar refractivity (Wildman–Crippen MR) is 172 cm³/mol. The van der Waals surface area contributed by atoms with Crippen LogP contribution < -0.4 is 0 Å². The van der Waals surface area contributed by atoms with Gasteiger partial charge in [-0.1, -0.05) is 138 Å². The zero-order valence-electron chi connectivity index (χ0n) is 27.8. The number of hydrogen-bond donors (Lipinski definition) is 0. The van der Waals surface area contributed by atoms with Gasteiger partial charge in [-0.2, -0.15) is 0 Å². The van der Waals surface area contributed by atoms with Gasteiger partial charge < -0.3 is 0 Å². The van der Waals surface area contributed by atoms with Crippen molar-refractivity contribution in [3.63, 3.8) is 0 Å². The monoisotopic (exact) mass is 509 g/mol. The second-order valence-corrected chi connectivity index (χ2v) is 8.85. The second-order valence-electron chi connectivity index (χ2n) is 8.85. The van der Waals surface area contributed by atoms with Gasteiger partial charge >= 0.3 is 0 Å². The first-order valence-corrected chi connectivity index (χ1v) is 15.1. The molecule has 1 saturated carbocycles. The minimum absolute atomic E-state index is 0.422. The maximum absolute atomic E-state index is 14.5. The molecule has 0 aromatic carbocycles. The molecule has 36 heavy (non-hydrogen) atoms. The molecule has 0 amide bonds. The molecule has 1 heteroatoms. The van der Waals surface area contributed by atoms with Crippen LogP contribution in [-0.4, -0.2) is 5.67 Å². The van der Waals surface area contributed by atoms with Gasteiger partial charge in [0.25, 0.3) is 0 Å². The zero-order chi connectivity index (χ0) is 29.7. The molecule has 1 aliphatic carbocycles. The van der Waals surface area contributed by atoms with Crippen LogP contribution in [0.3, 0.4) is 0 Å². The van der Waals surface area contributed by atoms with E-state index in [0.717, 1.165) is 18.4 Å². The summed E-state index contributed by atoms with van der Waals surface area (Å²) in [5, 5.41) is 0. The molecular formula is C35H69F. The van der Waals surface area contributed by atoms with E-state index in [1.54, 1.807) is 6.92 Å². The third-order valence-electron chi connectivity index (χ3n) is 5.63. The fourth-order valence-electron chi connectivity index (χ4n) is 3.91. The van der Waals surface area contributed by atoms with Crippen molar-refractivity contribution in [3.05, 3.63) is 59.8 Å². The molecule has 1 rings (SSSR count). The van der Waals surface area contributed by atoms with Gasteiger partial charge in [-0.15, -0.1) is 0 Å². The van der Waals surface area contributed by atoms with Crippen LogP contribution in [0.5, 0.6) is 0 Å². The first-order chi connectivity index (χ1) is 17.1. The van der Waals surface area contributed by atoms with Crippen LogP contribution in [0.1, 0.15) is 143 Å². The Labute approximate surface area is 230 Å². The van der Waals surface area contributed by atoms with Gasteiger partial charge in [0.1, 0.15) is 5.67 Å². The van der Waals surface area contributed by atoms with Crippen LogP contribution in [-0.2, 0) is 0 Å². The highest BCUT2D eigenvalue weighted by atomic mass is 19.1. The van der Waals surface area contributed by atoms with Crippen LogP contribution in [0.25, 0.3) is 0 Å². The second kappa shape index (κ2) is 31.7. The lowest BCUT2D eigenvalue weighted by Gasteiger charge is -2.38. The summed E-state index contributed by atoms with van der Waals surface area (Å²) in [4.78, 5) is 0. The van der Waals surface area contributed by atoms with Crippen LogP contribution in [0, 0.1) is 17.8 Å². The summed E-state index contributed by atoms with van der Waals surface area (Å²) in [6.45, 7) is 36.7. The standard InChI is InChI=1S/C24H37F.C3H8.4C2H6/c1-8-11-20(5)23(13-10-12-18(3)9-2)21(6)16-22-17-24(7,25)15-14-19(22)4;1-3-2;4*1-2/h8-13,19,21-22H,2,14-17H2,1,3-7H3;3H2,1-2H3;4*1-2H3/b11-8+,13-10-,18-12-,23-20+;;;;;/t19?,21-,22+,24?;;;;;/m1...../s1. The molecule has 2 unspecified atom stereocenters. The Kier molecular flexibility index (Phi) is 39.2. The molecule has 0 N–H and O–H groups in total. The molecule has 0 aromatic heterocycles. The molecule has 1 fully saturated rings. The van der Waals surface area contributed by atoms with E-state index in [0.29, 0.717) is 30.6 Å². The third-order valence-corrected chi connectivity index (χ3v) is 5.63. The van der Waals surface area contributed by atoms with E-state index in [2.05, 4.69) is 85.4 Å². The van der Waals surface area contributed by atoms with Crippen molar-refractivity contribution >= 4 is 0 Å². The number of rotatable bonds is 7. The van der Waals surface area contributed by atoms with Crippen molar-refractivity contribution in [1.29, 1.82) is 0 Å². The first kappa shape index (κ1) is 44.6. The normalized spacial score (nSPS) is 22.4. The van der Waals surface area contributed by atoms with Gasteiger partial charge in [-0.25, -0.2) is 4.39 Å². The van der Waals surface area contributed by atoms with E-state index >= 15 is 0 Å². The Morgan fingerprint density at radius 3 is 1.89 bits per heavy atom. The van der Waals surface area contributed by atoms with E-state index in [-0.39, 0.29) is 0 Å². The predicted octanol–water partition coefficient (Wildman–Crippen LogP) is 13.3. The quantitative estimate of drug-likeness (QED) is 0.300. The molecule has 0 spiro atoms. The summed E-state index contributed by atoms with van der Waals surface area (Å²) in [6.07, 6.45) is 17.3. The van der Waals surface area contributed by atoms with Crippen molar-refractivity contribution in [1.82, 2.24) is 0 Å². The van der Waals surface area contributed by atoms with Crippen LogP contribution in [0.2, 0.25) is 0 Å². The molecule has 4 atom stereocenters. The smallest absolute Gasteiger partial charge is 0.108 e. The zero-order valence-corrected chi connectivity index (χ0v) is 27.8. The summed E-state index contributed by atoms with van der Waals surface area (Å²) >= 11 is 0. The highest BCUT2D eigenvalue weighted by molar-refractivity contribution is 5.35. The Morgan fingerprint density at radius 1 is 1.00 bits per heavy atom. The molecule has 0 saturated heterocycles. The Balaban J connectivity index is -0.000000253. The summed E-state index contributed by atoms with van der Waals surface area (Å²) in [5.74, 6) is 1.50. The summed E-state index contributed by atoms with van der Waals surface area (Å²) in [7, 11) is 0. The number of allylic oxidation sites excluding steroid dienone is 9. The molecule has 1 aliphatic rings.